The normalized spacial score (nSPS) is 11.8. The molecule has 0 aromatic heterocycles. The van der Waals surface area contributed by atoms with Crippen molar-refractivity contribution in [1.82, 2.24) is 0 Å². The van der Waals surface area contributed by atoms with Crippen molar-refractivity contribution in [2.75, 3.05) is 21.3 Å². The Bertz CT molecular complexity index is 406. The second-order valence-electron chi connectivity index (χ2n) is 3.65. The Kier molecular flexibility index (Phi) is 5.28. The molecular weight excluding hydrogens is 256 g/mol. The zero-order chi connectivity index (χ0) is 13.7. The summed E-state index contributed by atoms with van der Waals surface area (Å²) in [6, 6.07) is 3.27. The fourth-order valence-electron chi connectivity index (χ4n) is 1.59. The van der Waals surface area contributed by atoms with Crippen LogP contribution in [0.4, 0.5) is 0 Å². The van der Waals surface area contributed by atoms with Crippen molar-refractivity contribution in [3.05, 3.63) is 17.7 Å². The van der Waals surface area contributed by atoms with Crippen molar-refractivity contribution in [3.63, 3.8) is 0 Å². The summed E-state index contributed by atoms with van der Waals surface area (Å²) < 4.78 is 15.5. The van der Waals surface area contributed by atoms with Gasteiger partial charge in [-0.3, -0.25) is 4.79 Å². The average Bonchev–Trinajstić information content (AvgIpc) is 2.43. The van der Waals surface area contributed by atoms with E-state index in [0.717, 1.165) is 0 Å². The van der Waals surface area contributed by atoms with Crippen LogP contribution in [-0.4, -0.2) is 32.5 Å². The molecule has 1 rings (SSSR count). The van der Waals surface area contributed by atoms with Crippen LogP contribution >= 0.6 is 11.6 Å². The molecule has 0 amide bonds. The summed E-state index contributed by atoms with van der Waals surface area (Å²) in [7, 11) is 4.51. The second kappa shape index (κ2) is 6.50. The molecule has 1 atom stereocenters. The second-order valence-corrected chi connectivity index (χ2v) is 4.17. The van der Waals surface area contributed by atoms with Crippen LogP contribution < -0.4 is 14.2 Å². The molecule has 0 aliphatic heterocycles. The lowest BCUT2D eigenvalue weighted by Crippen LogP contribution is -2.16. The molecular formula is C13H17ClO4. The van der Waals surface area contributed by atoms with E-state index in [1.165, 1.54) is 21.3 Å². The van der Waals surface area contributed by atoms with Crippen LogP contribution in [0.3, 0.4) is 0 Å². The molecule has 1 unspecified atom stereocenters. The highest BCUT2D eigenvalue weighted by Crippen LogP contribution is 2.35. The summed E-state index contributed by atoms with van der Waals surface area (Å²) in [6.45, 7) is 1.85. The molecule has 0 fully saturated rings. The zero-order valence-corrected chi connectivity index (χ0v) is 11.7. The minimum Gasteiger partial charge on any atom is -0.496 e. The first-order valence-electron chi connectivity index (χ1n) is 5.57. The number of ether oxygens (including phenoxy) is 3. The van der Waals surface area contributed by atoms with Crippen molar-refractivity contribution in [1.29, 1.82) is 0 Å². The quantitative estimate of drug-likeness (QED) is 0.590. The summed E-state index contributed by atoms with van der Waals surface area (Å²) in [5.41, 5.74) is 0.350. The maximum atomic E-state index is 12.2. The van der Waals surface area contributed by atoms with E-state index in [1.807, 2.05) is 6.92 Å². The predicted molar refractivity (Wildman–Crippen MR) is 70.4 cm³/mol. The van der Waals surface area contributed by atoms with Gasteiger partial charge in [0.15, 0.2) is 5.78 Å². The molecule has 4 nitrogen and oxygen atoms in total. The van der Waals surface area contributed by atoms with Crippen molar-refractivity contribution in [2.45, 2.75) is 18.7 Å². The van der Waals surface area contributed by atoms with Gasteiger partial charge in [-0.1, -0.05) is 6.92 Å². The number of methoxy groups -OCH3 is 3. The van der Waals surface area contributed by atoms with E-state index in [1.54, 1.807) is 12.1 Å². The van der Waals surface area contributed by atoms with Crippen LogP contribution in [0.25, 0.3) is 0 Å². The third kappa shape index (κ3) is 2.88. The zero-order valence-electron chi connectivity index (χ0n) is 11.0. The average molecular weight is 273 g/mol. The molecule has 0 heterocycles. The molecule has 5 heteroatoms. The van der Waals surface area contributed by atoms with E-state index in [4.69, 9.17) is 25.8 Å². The number of hydrogen-bond donors (Lipinski definition) is 0. The van der Waals surface area contributed by atoms with Crippen LogP contribution in [0.5, 0.6) is 17.2 Å². The van der Waals surface area contributed by atoms with Crippen LogP contribution in [-0.2, 0) is 0 Å². The van der Waals surface area contributed by atoms with Gasteiger partial charge >= 0.3 is 0 Å². The number of benzene rings is 1. The third-order valence-electron chi connectivity index (χ3n) is 2.60. The first kappa shape index (κ1) is 14.6. The van der Waals surface area contributed by atoms with Gasteiger partial charge in [0, 0.05) is 12.1 Å². The molecule has 0 bridgehead atoms. The van der Waals surface area contributed by atoms with E-state index in [2.05, 4.69) is 0 Å². The van der Waals surface area contributed by atoms with Gasteiger partial charge in [0.25, 0.3) is 0 Å². The number of hydrogen-bond acceptors (Lipinski definition) is 4. The lowest BCUT2D eigenvalue weighted by Gasteiger charge is -2.15. The number of rotatable bonds is 6. The largest absolute Gasteiger partial charge is 0.496 e. The molecule has 0 saturated heterocycles. The Hall–Kier alpha value is -1.42. The third-order valence-corrected chi connectivity index (χ3v) is 3.11. The SMILES string of the molecule is CCC(Cl)C(=O)c1c(OC)cc(OC)cc1OC. The van der Waals surface area contributed by atoms with Gasteiger partial charge < -0.3 is 14.2 Å². The van der Waals surface area contributed by atoms with E-state index in [0.29, 0.717) is 29.2 Å². The summed E-state index contributed by atoms with van der Waals surface area (Å²) in [5, 5.41) is -0.596. The summed E-state index contributed by atoms with van der Waals surface area (Å²) in [4.78, 5) is 12.2. The van der Waals surface area contributed by atoms with Crippen LogP contribution in [0.2, 0.25) is 0 Å². The van der Waals surface area contributed by atoms with Gasteiger partial charge in [-0.25, -0.2) is 0 Å². The molecule has 100 valence electrons. The summed E-state index contributed by atoms with van der Waals surface area (Å²) in [5.74, 6) is 1.14. The van der Waals surface area contributed by atoms with Gasteiger partial charge in [-0.05, 0) is 6.42 Å². The summed E-state index contributed by atoms with van der Waals surface area (Å²) in [6.07, 6.45) is 0.540. The Labute approximate surface area is 112 Å². The number of alkyl halides is 1. The van der Waals surface area contributed by atoms with E-state index in [9.17, 15) is 4.79 Å². The number of ketones is 1. The minimum atomic E-state index is -0.596. The first-order chi connectivity index (χ1) is 8.58. The lowest BCUT2D eigenvalue weighted by atomic mass is 10.0. The number of halogens is 1. The van der Waals surface area contributed by atoms with E-state index >= 15 is 0 Å². The molecule has 0 radical (unpaired) electrons. The number of carbonyl (C=O) groups is 1. The Morgan fingerprint density at radius 3 is 2.00 bits per heavy atom. The Morgan fingerprint density at radius 1 is 1.17 bits per heavy atom. The monoisotopic (exact) mass is 272 g/mol. The highest BCUT2D eigenvalue weighted by Gasteiger charge is 2.24. The molecule has 18 heavy (non-hydrogen) atoms. The maximum absolute atomic E-state index is 12.2. The summed E-state index contributed by atoms with van der Waals surface area (Å²) >= 11 is 5.99. The number of carbonyl (C=O) groups excluding carboxylic acids is 1. The maximum Gasteiger partial charge on any atom is 0.188 e. The highest BCUT2D eigenvalue weighted by atomic mass is 35.5. The van der Waals surface area contributed by atoms with Gasteiger partial charge in [-0.15, -0.1) is 11.6 Å². The lowest BCUT2D eigenvalue weighted by molar-refractivity contribution is 0.0979. The van der Waals surface area contributed by atoms with Crippen LogP contribution in [0.15, 0.2) is 12.1 Å². The van der Waals surface area contributed by atoms with E-state index < -0.39 is 5.38 Å². The molecule has 0 aliphatic rings. The topological polar surface area (TPSA) is 44.8 Å². The molecule has 0 saturated carbocycles. The standard InChI is InChI=1S/C13H17ClO4/c1-5-9(14)13(15)12-10(17-3)6-8(16-2)7-11(12)18-4/h6-7,9H,5H2,1-4H3. The number of Topliss-reactive ketones (excluding diaryl/α,β-unsaturated/α-hetero) is 1. The smallest absolute Gasteiger partial charge is 0.188 e. The van der Waals surface area contributed by atoms with Crippen molar-refractivity contribution in [3.8, 4) is 17.2 Å². The van der Waals surface area contributed by atoms with Gasteiger partial charge in [0.05, 0.1) is 26.7 Å². The fraction of sp³-hybridized carbons (Fsp3) is 0.462. The molecule has 1 aromatic carbocycles. The van der Waals surface area contributed by atoms with Gasteiger partial charge in [0.2, 0.25) is 0 Å². The van der Waals surface area contributed by atoms with Crippen molar-refractivity contribution < 1.29 is 19.0 Å². The molecule has 0 N–H and O–H groups in total. The molecule has 1 aromatic rings. The van der Waals surface area contributed by atoms with Crippen molar-refractivity contribution in [2.24, 2.45) is 0 Å². The van der Waals surface area contributed by atoms with E-state index in [-0.39, 0.29) is 5.78 Å². The first-order valence-corrected chi connectivity index (χ1v) is 6.00. The highest BCUT2D eigenvalue weighted by molar-refractivity contribution is 6.34. The minimum absolute atomic E-state index is 0.212. The van der Waals surface area contributed by atoms with Gasteiger partial charge in [0.1, 0.15) is 22.8 Å². The molecule has 0 spiro atoms. The van der Waals surface area contributed by atoms with Crippen molar-refractivity contribution >= 4 is 17.4 Å². The molecule has 0 aliphatic carbocycles. The Morgan fingerprint density at radius 2 is 1.67 bits per heavy atom. The predicted octanol–water partition coefficient (Wildman–Crippen LogP) is 2.91. The van der Waals surface area contributed by atoms with Crippen LogP contribution in [0, 0.1) is 0 Å². The fourth-order valence-corrected chi connectivity index (χ4v) is 1.70. The van der Waals surface area contributed by atoms with Crippen LogP contribution in [0.1, 0.15) is 23.7 Å². The van der Waals surface area contributed by atoms with Gasteiger partial charge in [-0.2, -0.15) is 0 Å². The Balaban J connectivity index is 3.35.